The lowest BCUT2D eigenvalue weighted by atomic mass is 10.0. The molecule has 2 rings (SSSR count). The summed E-state index contributed by atoms with van der Waals surface area (Å²) < 4.78 is 0. The molecule has 18 heavy (non-hydrogen) atoms. The van der Waals surface area contributed by atoms with Gasteiger partial charge < -0.3 is 4.90 Å². The van der Waals surface area contributed by atoms with Gasteiger partial charge in [-0.1, -0.05) is 24.3 Å². The third-order valence-corrected chi connectivity index (χ3v) is 3.42. The third-order valence-electron chi connectivity index (χ3n) is 3.22. The number of nitrogens with zero attached hydrogens (tertiary/aromatic N) is 1. The minimum absolute atomic E-state index is 0.405. The average Bonchev–Trinajstić information content (AvgIpc) is 2.39. The first-order valence-corrected chi connectivity index (χ1v) is 6.53. The normalized spacial score (nSPS) is 10.6. The number of halogens is 1. The Kier molecular flexibility index (Phi) is 3.87. The SMILES string of the molecule is CCN(CC)c1ccc(C(=O)Cl)c2ccccc12. The summed E-state index contributed by atoms with van der Waals surface area (Å²) in [6, 6.07) is 11.7. The number of anilines is 1. The van der Waals surface area contributed by atoms with E-state index in [0.29, 0.717) is 5.56 Å². The predicted molar refractivity (Wildman–Crippen MR) is 77.7 cm³/mol. The van der Waals surface area contributed by atoms with E-state index in [2.05, 4.69) is 18.7 Å². The van der Waals surface area contributed by atoms with Crippen LogP contribution in [0.5, 0.6) is 0 Å². The fourth-order valence-electron chi connectivity index (χ4n) is 2.29. The van der Waals surface area contributed by atoms with E-state index >= 15 is 0 Å². The summed E-state index contributed by atoms with van der Waals surface area (Å²) in [6.07, 6.45) is 0. The van der Waals surface area contributed by atoms with E-state index in [1.165, 1.54) is 0 Å². The van der Waals surface area contributed by atoms with Crippen LogP contribution in [0, 0.1) is 0 Å². The summed E-state index contributed by atoms with van der Waals surface area (Å²) >= 11 is 5.63. The number of rotatable bonds is 4. The highest BCUT2D eigenvalue weighted by atomic mass is 35.5. The summed E-state index contributed by atoms with van der Waals surface area (Å²) in [5, 5.41) is 1.59. The van der Waals surface area contributed by atoms with Crippen molar-refractivity contribution in [3.8, 4) is 0 Å². The summed E-state index contributed by atoms with van der Waals surface area (Å²) in [4.78, 5) is 13.7. The Balaban J connectivity index is 2.71. The van der Waals surface area contributed by atoms with Gasteiger partial charge in [-0.15, -0.1) is 0 Å². The van der Waals surface area contributed by atoms with Crippen molar-refractivity contribution in [1.82, 2.24) is 0 Å². The molecular weight excluding hydrogens is 246 g/mol. The molecule has 0 radical (unpaired) electrons. The first-order chi connectivity index (χ1) is 8.69. The Morgan fingerprint density at radius 1 is 1.06 bits per heavy atom. The molecule has 0 unspecified atom stereocenters. The highest BCUT2D eigenvalue weighted by molar-refractivity contribution is 6.68. The number of carbonyl (C=O) groups excluding carboxylic acids is 1. The van der Waals surface area contributed by atoms with Crippen molar-refractivity contribution in [1.29, 1.82) is 0 Å². The van der Waals surface area contributed by atoms with Crippen molar-refractivity contribution in [2.45, 2.75) is 13.8 Å². The summed E-state index contributed by atoms with van der Waals surface area (Å²) in [7, 11) is 0. The van der Waals surface area contributed by atoms with Crippen LogP contribution in [0.25, 0.3) is 10.8 Å². The molecule has 2 nitrogen and oxygen atoms in total. The molecule has 94 valence electrons. The van der Waals surface area contributed by atoms with E-state index in [0.717, 1.165) is 29.5 Å². The zero-order chi connectivity index (χ0) is 13.1. The Labute approximate surface area is 112 Å². The van der Waals surface area contributed by atoms with Crippen molar-refractivity contribution < 1.29 is 4.79 Å². The van der Waals surface area contributed by atoms with Crippen LogP contribution in [-0.2, 0) is 0 Å². The smallest absolute Gasteiger partial charge is 0.253 e. The predicted octanol–water partition coefficient (Wildman–Crippen LogP) is 4.07. The van der Waals surface area contributed by atoms with E-state index < -0.39 is 5.24 Å². The standard InChI is InChI=1S/C15H16ClNO/c1-3-17(4-2)14-10-9-13(15(16)18)11-7-5-6-8-12(11)14/h5-10H,3-4H2,1-2H3. The van der Waals surface area contributed by atoms with Crippen LogP contribution in [0.15, 0.2) is 36.4 Å². The molecule has 0 aromatic heterocycles. The topological polar surface area (TPSA) is 20.3 Å². The van der Waals surface area contributed by atoms with Gasteiger partial charge in [0.1, 0.15) is 0 Å². The van der Waals surface area contributed by atoms with Crippen LogP contribution in [0.1, 0.15) is 24.2 Å². The van der Waals surface area contributed by atoms with Gasteiger partial charge in [0, 0.05) is 29.7 Å². The van der Waals surface area contributed by atoms with Gasteiger partial charge in [-0.05, 0) is 43.0 Å². The van der Waals surface area contributed by atoms with Crippen molar-refractivity contribution in [3.05, 3.63) is 42.0 Å². The number of carbonyl (C=O) groups is 1. The molecule has 0 aliphatic rings. The maximum atomic E-state index is 11.4. The first-order valence-electron chi connectivity index (χ1n) is 6.15. The molecule has 0 saturated carbocycles. The lowest BCUT2D eigenvalue weighted by Gasteiger charge is -2.23. The molecular formula is C15H16ClNO. The Hall–Kier alpha value is -1.54. The van der Waals surface area contributed by atoms with Gasteiger partial charge in [-0.25, -0.2) is 0 Å². The van der Waals surface area contributed by atoms with Crippen LogP contribution >= 0.6 is 11.6 Å². The van der Waals surface area contributed by atoms with Gasteiger partial charge in [-0.2, -0.15) is 0 Å². The zero-order valence-electron chi connectivity index (χ0n) is 10.6. The molecule has 0 fully saturated rings. The average molecular weight is 262 g/mol. The van der Waals surface area contributed by atoms with Gasteiger partial charge in [0.25, 0.3) is 5.24 Å². The molecule has 0 N–H and O–H groups in total. The molecule has 2 aromatic rings. The minimum atomic E-state index is -0.405. The van der Waals surface area contributed by atoms with E-state index in [4.69, 9.17) is 11.6 Å². The fourth-order valence-corrected chi connectivity index (χ4v) is 2.46. The quantitative estimate of drug-likeness (QED) is 0.774. The number of hydrogen-bond donors (Lipinski definition) is 0. The van der Waals surface area contributed by atoms with Crippen molar-refractivity contribution in [3.63, 3.8) is 0 Å². The molecule has 0 heterocycles. The van der Waals surface area contributed by atoms with Crippen LogP contribution in [-0.4, -0.2) is 18.3 Å². The first kappa shape index (κ1) is 12.9. The zero-order valence-corrected chi connectivity index (χ0v) is 11.4. The fraction of sp³-hybridized carbons (Fsp3) is 0.267. The molecule has 3 heteroatoms. The molecule has 0 amide bonds. The Bertz CT molecular complexity index is 576. The monoisotopic (exact) mass is 261 g/mol. The molecule has 0 saturated heterocycles. The molecule has 0 atom stereocenters. The molecule has 0 aliphatic heterocycles. The summed E-state index contributed by atoms with van der Waals surface area (Å²) in [5.41, 5.74) is 1.72. The van der Waals surface area contributed by atoms with E-state index in [-0.39, 0.29) is 0 Å². The summed E-state index contributed by atoms with van der Waals surface area (Å²) in [6.45, 7) is 6.13. The van der Waals surface area contributed by atoms with Gasteiger partial charge >= 0.3 is 0 Å². The Morgan fingerprint density at radius 3 is 2.22 bits per heavy atom. The maximum absolute atomic E-state index is 11.4. The van der Waals surface area contributed by atoms with Crippen LogP contribution in [0.3, 0.4) is 0 Å². The molecule has 0 aliphatic carbocycles. The van der Waals surface area contributed by atoms with E-state index in [1.807, 2.05) is 36.4 Å². The van der Waals surface area contributed by atoms with E-state index in [9.17, 15) is 4.79 Å². The van der Waals surface area contributed by atoms with Gasteiger partial charge in [0.05, 0.1) is 0 Å². The maximum Gasteiger partial charge on any atom is 0.253 e. The largest absolute Gasteiger partial charge is 0.372 e. The highest BCUT2D eigenvalue weighted by Crippen LogP contribution is 2.30. The van der Waals surface area contributed by atoms with Crippen molar-refractivity contribution >= 4 is 33.3 Å². The number of fused-ring (bicyclic) bond motifs is 1. The van der Waals surface area contributed by atoms with Crippen LogP contribution in [0.2, 0.25) is 0 Å². The van der Waals surface area contributed by atoms with Crippen LogP contribution < -0.4 is 4.90 Å². The third kappa shape index (κ3) is 2.21. The van der Waals surface area contributed by atoms with Gasteiger partial charge in [-0.3, -0.25) is 4.79 Å². The van der Waals surface area contributed by atoms with Gasteiger partial charge in [0.2, 0.25) is 0 Å². The van der Waals surface area contributed by atoms with Crippen molar-refractivity contribution in [2.75, 3.05) is 18.0 Å². The molecule has 2 aromatic carbocycles. The van der Waals surface area contributed by atoms with Gasteiger partial charge in [0.15, 0.2) is 0 Å². The molecule has 0 bridgehead atoms. The second kappa shape index (κ2) is 5.40. The number of benzene rings is 2. The lowest BCUT2D eigenvalue weighted by molar-refractivity contribution is 0.108. The van der Waals surface area contributed by atoms with Crippen molar-refractivity contribution in [2.24, 2.45) is 0 Å². The second-order valence-electron chi connectivity index (χ2n) is 4.12. The number of hydrogen-bond acceptors (Lipinski definition) is 2. The minimum Gasteiger partial charge on any atom is -0.372 e. The molecule has 0 spiro atoms. The van der Waals surface area contributed by atoms with E-state index in [1.54, 1.807) is 0 Å². The Morgan fingerprint density at radius 2 is 1.67 bits per heavy atom. The second-order valence-corrected chi connectivity index (χ2v) is 4.47. The van der Waals surface area contributed by atoms with Crippen LogP contribution in [0.4, 0.5) is 5.69 Å². The summed E-state index contributed by atoms with van der Waals surface area (Å²) in [5.74, 6) is 0. The highest BCUT2D eigenvalue weighted by Gasteiger charge is 2.12. The lowest BCUT2D eigenvalue weighted by Crippen LogP contribution is -2.22.